The third kappa shape index (κ3) is 4.44. The smallest absolute Gasteiger partial charge is 0.287 e. The largest absolute Gasteiger partial charge is 0.484 e. The van der Waals surface area contributed by atoms with Gasteiger partial charge in [0.1, 0.15) is 18.1 Å². The molecule has 2 N–H and O–H groups in total. The molecule has 1 aromatic heterocycles. The van der Waals surface area contributed by atoms with E-state index < -0.39 is 10.8 Å². The molecule has 122 valence electrons. The first-order chi connectivity index (χ1) is 11.0. The normalized spacial score (nSPS) is 10.3. The zero-order valence-corrected chi connectivity index (χ0v) is 12.6. The highest BCUT2D eigenvalue weighted by atomic mass is 35.5. The Hall–Kier alpha value is -2.58. The first kappa shape index (κ1) is 16.8. The molecule has 0 spiro atoms. The summed E-state index contributed by atoms with van der Waals surface area (Å²) in [5, 5.41) is 22.0. The van der Waals surface area contributed by atoms with E-state index in [1.165, 1.54) is 24.3 Å². The maximum atomic E-state index is 11.6. The first-order valence-electron chi connectivity index (χ1n) is 6.55. The number of halogens is 1. The number of hydrogen-bond donors (Lipinski definition) is 2. The van der Waals surface area contributed by atoms with Crippen LogP contribution in [0.3, 0.4) is 0 Å². The van der Waals surface area contributed by atoms with Crippen LogP contribution in [-0.2, 0) is 6.61 Å². The number of aliphatic hydroxyl groups is 1. The lowest BCUT2D eigenvalue weighted by molar-refractivity contribution is -0.384. The summed E-state index contributed by atoms with van der Waals surface area (Å²) in [6.07, 6.45) is 0. The zero-order chi connectivity index (χ0) is 16.8. The molecule has 0 fully saturated rings. The number of ether oxygens (including phenoxy) is 1. The van der Waals surface area contributed by atoms with Gasteiger partial charge in [-0.2, -0.15) is 0 Å². The number of carbonyl (C=O) groups excluding carboxylic acids is 1. The van der Waals surface area contributed by atoms with Gasteiger partial charge in [-0.15, -0.1) is 0 Å². The lowest BCUT2D eigenvalue weighted by Gasteiger charge is -2.06. The molecular formula is C14H13ClN2O6. The van der Waals surface area contributed by atoms with Gasteiger partial charge in [0.25, 0.3) is 11.6 Å². The summed E-state index contributed by atoms with van der Waals surface area (Å²) in [4.78, 5) is 21.8. The molecule has 0 saturated carbocycles. The summed E-state index contributed by atoms with van der Waals surface area (Å²) in [6.45, 7) is -0.101. The Kier molecular flexibility index (Phi) is 5.56. The van der Waals surface area contributed by atoms with Crippen LogP contribution in [0.15, 0.2) is 34.7 Å². The molecule has 0 aliphatic carbocycles. The summed E-state index contributed by atoms with van der Waals surface area (Å²) in [7, 11) is 0. The second-order valence-corrected chi connectivity index (χ2v) is 4.81. The van der Waals surface area contributed by atoms with Crippen LogP contribution in [0.2, 0.25) is 5.02 Å². The zero-order valence-electron chi connectivity index (χ0n) is 11.8. The predicted molar refractivity (Wildman–Crippen MR) is 80.6 cm³/mol. The van der Waals surface area contributed by atoms with Gasteiger partial charge in [-0.25, -0.2) is 0 Å². The van der Waals surface area contributed by atoms with Gasteiger partial charge in [-0.05, 0) is 18.2 Å². The number of nitro benzene ring substituents is 1. The van der Waals surface area contributed by atoms with Crippen LogP contribution in [0.4, 0.5) is 5.69 Å². The molecule has 0 unspecified atom stereocenters. The summed E-state index contributed by atoms with van der Waals surface area (Å²) in [5.74, 6) is 0.103. The molecule has 1 heterocycles. The Morgan fingerprint density at radius 2 is 2.17 bits per heavy atom. The number of rotatable bonds is 7. The average molecular weight is 341 g/mol. The molecule has 9 heteroatoms. The SMILES string of the molecule is O=C(NCCO)c1ccc(COc2cc([N+](=O)[O-])ccc2Cl)o1. The highest BCUT2D eigenvalue weighted by molar-refractivity contribution is 6.32. The maximum Gasteiger partial charge on any atom is 0.287 e. The lowest BCUT2D eigenvalue weighted by Crippen LogP contribution is -2.25. The van der Waals surface area contributed by atoms with Crippen molar-refractivity contribution in [3.63, 3.8) is 0 Å². The molecule has 1 amide bonds. The molecular weight excluding hydrogens is 328 g/mol. The quantitative estimate of drug-likeness (QED) is 0.589. The van der Waals surface area contributed by atoms with Gasteiger partial charge in [0.2, 0.25) is 0 Å². The molecule has 0 saturated heterocycles. The van der Waals surface area contributed by atoms with Gasteiger partial charge in [0.15, 0.2) is 5.76 Å². The van der Waals surface area contributed by atoms with Crippen LogP contribution >= 0.6 is 11.6 Å². The maximum absolute atomic E-state index is 11.6. The summed E-state index contributed by atoms with van der Waals surface area (Å²) >= 11 is 5.91. The van der Waals surface area contributed by atoms with E-state index >= 15 is 0 Å². The van der Waals surface area contributed by atoms with Crippen molar-refractivity contribution >= 4 is 23.2 Å². The standard InChI is InChI=1S/C14H13ClN2O6/c15-11-3-1-9(17(20)21)7-13(11)22-8-10-2-4-12(23-10)14(19)16-5-6-18/h1-4,7,18H,5-6,8H2,(H,16,19). The highest BCUT2D eigenvalue weighted by Crippen LogP contribution is 2.29. The third-order valence-corrected chi connectivity index (χ3v) is 3.09. The number of furan rings is 1. The Bertz CT molecular complexity index is 715. The number of aliphatic hydroxyl groups excluding tert-OH is 1. The Morgan fingerprint density at radius 1 is 1.39 bits per heavy atom. The minimum atomic E-state index is -0.556. The van der Waals surface area contributed by atoms with Crippen LogP contribution < -0.4 is 10.1 Å². The van der Waals surface area contributed by atoms with Gasteiger partial charge in [-0.1, -0.05) is 11.6 Å². The van der Waals surface area contributed by atoms with Crippen molar-refractivity contribution in [1.82, 2.24) is 5.32 Å². The summed E-state index contributed by atoms with van der Waals surface area (Å²) in [6, 6.07) is 6.84. The minimum absolute atomic E-state index is 0.0475. The van der Waals surface area contributed by atoms with Crippen LogP contribution in [0, 0.1) is 10.1 Å². The predicted octanol–water partition coefficient (Wildman–Crippen LogP) is 2.14. The number of nitro groups is 1. The number of benzene rings is 1. The molecule has 0 bridgehead atoms. The van der Waals surface area contributed by atoms with E-state index in [4.69, 9.17) is 25.9 Å². The molecule has 0 radical (unpaired) electrons. The van der Waals surface area contributed by atoms with E-state index in [0.717, 1.165) is 0 Å². The number of carbonyl (C=O) groups is 1. The van der Waals surface area contributed by atoms with Gasteiger partial charge in [0, 0.05) is 12.6 Å². The molecule has 0 aliphatic heterocycles. The Morgan fingerprint density at radius 3 is 2.87 bits per heavy atom. The van der Waals surface area contributed by atoms with Crippen LogP contribution in [0.5, 0.6) is 5.75 Å². The average Bonchev–Trinajstić information content (AvgIpc) is 3.00. The van der Waals surface area contributed by atoms with Gasteiger partial charge < -0.3 is 19.6 Å². The summed E-state index contributed by atoms with van der Waals surface area (Å²) in [5.41, 5.74) is -0.145. The fraction of sp³-hybridized carbons (Fsp3) is 0.214. The third-order valence-electron chi connectivity index (χ3n) is 2.78. The number of nitrogens with one attached hydrogen (secondary N) is 1. The molecule has 0 atom stereocenters. The number of hydrogen-bond acceptors (Lipinski definition) is 6. The van der Waals surface area contributed by atoms with Gasteiger partial charge >= 0.3 is 0 Å². The molecule has 0 aliphatic rings. The van der Waals surface area contributed by atoms with Crippen LogP contribution in [0.1, 0.15) is 16.3 Å². The van der Waals surface area contributed by atoms with Crippen molar-refractivity contribution in [2.75, 3.05) is 13.2 Å². The second kappa shape index (κ2) is 7.61. The fourth-order valence-electron chi connectivity index (χ4n) is 1.70. The first-order valence-corrected chi connectivity index (χ1v) is 6.93. The Balaban J connectivity index is 2.01. The van der Waals surface area contributed by atoms with Crippen molar-refractivity contribution in [3.8, 4) is 5.75 Å². The molecule has 1 aromatic carbocycles. The van der Waals surface area contributed by atoms with E-state index in [1.807, 2.05) is 0 Å². The van der Waals surface area contributed by atoms with Crippen molar-refractivity contribution in [2.45, 2.75) is 6.61 Å². The molecule has 8 nitrogen and oxygen atoms in total. The molecule has 2 rings (SSSR count). The van der Waals surface area contributed by atoms with E-state index in [9.17, 15) is 14.9 Å². The number of non-ortho nitro benzene ring substituents is 1. The van der Waals surface area contributed by atoms with Gasteiger partial charge in [0.05, 0.1) is 22.6 Å². The van der Waals surface area contributed by atoms with Crippen molar-refractivity contribution in [1.29, 1.82) is 0 Å². The molecule has 23 heavy (non-hydrogen) atoms. The van der Waals surface area contributed by atoms with E-state index in [1.54, 1.807) is 6.07 Å². The highest BCUT2D eigenvalue weighted by Gasteiger charge is 2.13. The van der Waals surface area contributed by atoms with Crippen molar-refractivity contribution in [3.05, 3.63) is 57.0 Å². The van der Waals surface area contributed by atoms with E-state index in [-0.39, 0.29) is 42.0 Å². The second-order valence-electron chi connectivity index (χ2n) is 4.41. The van der Waals surface area contributed by atoms with Crippen molar-refractivity contribution in [2.24, 2.45) is 0 Å². The summed E-state index contributed by atoms with van der Waals surface area (Å²) < 4.78 is 10.7. The minimum Gasteiger partial charge on any atom is -0.484 e. The lowest BCUT2D eigenvalue weighted by atomic mass is 10.3. The van der Waals surface area contributed by atoms with E-state index in [0.29, 0.717) is 5.76 Å². The fourth-order valence-corrected chi connectivity index (χ4v) is 1.87. The molecule has 2 aromatic rings. The van der Waals surface area contributed by atoms with Crippen molar-refractivity contribution < 1.29 is 24.0 Å². The monoisotopic (exact) mass is 340 g/mol. The van der Waals surface area contributed by atoms with Crippen LogP contribution in [-0.4, -0.2) is 29.1 Å². The van der Waals surface area contributed by atoms with E-state index in [2.05, 4.69) is 5.32 Å². The number of nitrogens with zero attached hydrogens (tertiary/aromatic N) is 1. The Labute approximate surface area is 135 Å². The van der Waals surface area contributed by atoms with Crippen LogP contribution in [0.25, 0.3) is 0 Å². The number of amides is 1. The topological polar surface area (TPSA) is 115 Å². The van der Waals surface area contributed by atoms with Gasteiger partial charge in [-0.3, -0.25) is 14.9 Å².